The van der Waals surface area contributed by atoms with Gasteiger partial charge in [-0.1, -0.05) is 11.3 Å². The first-order chi connectivity index (χ1) is 10.4. The number of carboxylic acids is 1. The van der Waals surface area contributed by atoms with Crippen LogP contribution < -0.4 is 4.72 Å². The van der Waals surface area contributed by atoms with Gasteiger partial charge in [0.2, 0.25) is 0 Å². The Morgan fingerprint density at radius 2 is 2.36 bits per heavy atom. The molecule has 1 fully saturated rings. The second kappa shape index (κ2) is 6.99. The Kier molecular flexibility index (Phi) is 5.27. The summed E-state index contributed by atoms with van der Waals surface area (Å²) in [5.74, 6) is -1.62. The fourth-order valence-electron chi connectivity index (χ4n) is 2.26. The van der Waals surface area contributed by atoms with Crippen LogP contribution in [-0.2, 0) is 28.1 Å². The third-order valence-electron chi connectivity index (χ3n) is 3.41. The van der Waals surface area contributed by atoms with Crippen molar-refractivity contribution in [2.24, 2.45) is 5.92 Å². The zero-order valence-corrected chi connectivity index (χ0v) is 12.9. The fourth-order valence-corrected chi connectivity index (χ4v) is 3.52. The first-order valence-corrected chi connectivity index (χ1v) is 8.34. The smallest absolute Gasteiger partial charge is 0.307 e. The van der Waals surface area contributed by atoms with Crippen molar-refractivity contribution < 1.29 is 18.3 Å². The van der Waals surface area contributed by atoms with Gasteiger partial charge in [0.1, 0.15) is 0 Å². The van der Waals surface area contributed by atoms with E-state index in [1.165, 1.54) is 8.99 Å². The van der Waals surface area contributed by atoms with E-state index in [2.05, 4.69) is 21.6 Å². The second-order valence-electron chi connectivity index (χ2n) is 5.08. The van der Waals surface area contributed by atoms with Crippen LogP contribution in [0.2, 0.25) is 0 Å². The van der Waals surface area contributed by atoms with Crippen LogP contribution in [0.25, 0.3) is 0 Å². The standard InChI is InChI=1S/C12H19N5O4S/c1-2-5-16-9-11(14-15-16)7-13-22(20,21)17-6-3-4-10(8-17)12(18)19/h2,9-10,13H,1,3-8H2,(H,18,19). The summed E-state index contributed by atoms with van der Waals surface area (Å²) in [6.07, 6.45) is 4.31. The van der Waals surface area contributed by atoms with Gasteiger partial charge in [-0.3, -0.25) is 4.79 Å². The number of carbonyl (C=O) groups is 1. The van der Waals surface area contributed by atoms with Gasteiger partial charge in [-0.2, -0.15) is 17.4 Å². The largest absolute Gasteiger partial charge is 0.481 e. The number of hydrogen-bond donors (Lipinski definition) is 2. The topological polar surface area (TPSA) is 117 Å². The molecule has 2 rings (SSSR count). The van der Waals surface area contributed by atoms with Crippen LogP contribution in [0.3, 0.4) is 0 Å². The minimum Gasteiger partial charge on any atom is -0.481 e. The van der Waals surface area contributed by atoms with Crippen molar-refractivity contribution in [3.05, 3.63) is 24.5 Å². The van der Waals surface area contributed by atoms with Crippen molar-refractivity contribution in [1.82, 2.24) is 24.0 Å². The van der Waals surface area contributed by atoms with Crippen molar-refractivity contribution in [1.29, 1.82) is 0 Å². The number of aromatic nitrogens is 3. The Morgan fingerprint density at radius 3 is 3.05 bits per heavy atom. The number of allylic oxidation sites excluding steroid dienone is 1. The van der Waals surface area contributed by atoms with Crippen molar-refractivity contribution in [3.63, 3.8) is 0 Å². The highest BCUT2D eigenvalue weighted by Gasteiger charge is 2.32. The molecule has 1 saturated heterocycles. The second-order valence-corrected chi connectivity index (χ2v) is 6.84. The van der Waals surface area contributed by atoms with Gasteiger partial charge in [-0.15, -0.1) is 11.7 Å². The summed E-state index contributed by atoms with van der Waals surface area (Å²) < 4.78 is 29.6. The maximum atomic E-state index is 12.2. The zero-order chi connectivity index (χ0) is 16.2. The lowest BCUT2D eigenvalue weighted by atomic mass is 10.0. The molecule has 0 aromatic carbocycles. The van der Waals surface area contributed by atoms with Crippen LogP contribution in [0, 0.1) is 5.92 Å². The predicted molar refractivity (Wildman–Crippen MR) is 77.9 cm³/mol. The van der Waals surface area contributed by atoms with E-state index in [4.69, 9.17) is 5.11 Å². The van der Waals surface area contributed by atoms with Crippen LogP contribution in [0.15, 0.2) is 18.9 Å². The highest BCUT2D eigenvalue weighted by atomic mass is 32.2. The van der Waals surface area contributed by atoms with E-state index in [0.717, 1.165) is 0 Å². The van der Waals surface area contributed by atoms with Crippen LogP contribution >= 0.6 is 0 Å². The molecule has 2 heterocycles. The molecule has 1 unspecified atom stereocenters. The maximum absolute atomic E-state index is 12.2. The van der Waals surface area contributed by atoms with Gasteiger partial charge < -0.3 is 5.11 Å². The third kappa shape index (κ3) is 4.12. The van der Waals surface area contributed by atoms with E-state index in [0.29, 0.717) is 31.6 Å². The number of carboxylic acid groups (broad SMARTS) is 1. The van der Waals surface area contributed by atoms with Crippen LogP contribution in [-0.4, -0.2) is 51.9 Å². The minimum atomic E-state index is -3.73. The third-order valence-corrected chi connectivity index (χ3v) is 4.93. The van der Waals surface area contributed by atoms with Gasteiger partial charge in [0.05, 0.1) is 30.9 Å². The van der Waals surface area contributed by atoms with Crippen LogP contribution in [0.5, 0.6) is 0 Å². The normalized spacial score (nSPS) is 19.9. The molecular weight excluding hydrogens is 310 g/mol. The summed E-state index contributed by atoms with van der Waals surface area (Å²) in [7, 11) is -3.73. The summed E-state index contributed by atoms with van der Waals surface area (Å²) in [6.45, 7) is 4.39. The van der Waals surface area contributed by atoms with E-state index in [9.17, 15) is 13.2 Å². The number of hydrogen-bond acceptors (Lipinski definition) is 5. The first-order valence-electron chi connectivity index (χ1n) is 6.90. The lowest BCUT2D eigenvalue weighted by Crippen LogP contribution is -2.47. The van der Waals surface area contributed by atoms with E-state index in [1.54, 1.807) is 12.3 Å². The molecular formula is C12H19N5O4S. The summed E-state index contributed by atoms with van der Waals surface area (Å²) in [5, 5.41) is 16.7. The maximum Gasteiger partial charge on any atom is 0.307 e. The average Bonchev–Trinajstić information content (AvgIpc) is 2.94. The summed E-state index contributed by atoms with van der Waals surface area (Å²) in [5.41, 5.74) is 0.484. The number of piperidine rings is 1. The monoisotopic (exact) mass is 329 g/mol. The van der Waals surface area contributed by atoms with Crippen LogP contribution in [0.1, 0.15) is 18.5 Å². The van der Waals surface area contributed by atoms with E-state index in [1.807, 2.05) is 0 Å². The average molecular weight is 329 g/mol. The summed E-state index contributed by atoms with van der Waals surface area (Å²) in [4.78, 5) is 11.0. The van der Waals surface area contributed by atoms with E-state index in [-0.39, 0.29) is 13.1 Å². The number of nitrogens with one attached hydrogen (secondary N) is 1. The molecule has 1 aromatic rings. The Morgan fingerprint density at radius 1 is 1.59 bits per heavy atom. The zero-order valence-electron chi connectivity index (χ0n) is 12.1. The molecule has 1 aromatic heterocycles. The Hall–Kier alpha value is -1.78. The van der Waals surface area contributed by atoms with E-state index < -0.39 is 22.1 Å². The molecule has 22 heavy (non-hydrogen) atoms. The summed E-state index contributed by atoms with van der Waals surface area (Å²) in [6, 6.07) is 0. The Bertz CT molecular complexity index is 642. The molecule has 0 bridgehead atoms. The van der Waals surface area contributed by atoms with Crippen molar-refractivity contribution in [3.8, 4) is 0 Å². The molecule has 10 heteroatoms. The van der Waals surface area contributed by atoms with E-state index >= 15 is 0 Å². The molecule has 0 spiro atoms. The van der Waals surface area contributed by atoms with Crippen molar-refractivity contribution >= 4 is 16.2 Å². The molecule has 1 atom stereocenters. The predicted octanol–water partition coefficient (Wildman–Crippen LogP) is -0.405. The van der Waals surface area contributed by atoms with Gasteiger partial charge in [0, 0.05) is 13.1 Å². The molecule has 1 aliphatic heterocycles. The SMILES string of the molecule is C=CCn1cc(CNS(=O)(=O)N2CCCC(C(=O)O)C2)nn1. The highest BCUT2D eigenvalue weighted by molar-refractivity contribution is 7.87. The molecule has 122 valence electrons. The Balaban J connectivity index is 1.95. The quantitative estimate of drug-likeness (QED) is 0.657. The molecule has 0 radical (unpaired) electrons. The van der Waals surface area contributed by atoms with Gasteiger partial charge in [-0.25, -0.2) is 4.68 Å². The number of aliphatic carboxylic acids is 1. The highest BCUT2D eigenvalue weighted by Crippen LogP contribution is 2.18. The molecule has 0 amide bonds. The lowest BCUT2D eigenvalue weighted by Gasteiger charge is -2.29. The van der Waals surface area contributed by atoms with Gasteiger partial charge in [-0.05, 0) is 12.8 Å². The Labute approximate surface area is 128 Å². The minimum absolute atomic E-state index is 0.00613. The molecule has 0 aliphatic carbocycles. The lowest BCUT2D eigenvalue weighted by molar-refractivity contribution is -0.142. The van der Waals surface area contributed by atoms with Gasteiger partial charge >= 0.3 is 5.97 Å². The van der Waals surface area contributed by atoms with Crippen LogP contribution in [0.4, 0.5) is 0 Å². The molecule has 9 nitrogen and oxygen atoms in total. The fraction of sp³-hybridized carbons (Fsp3) is 0.583. The summed E-state index contributed by atoms with van der Waals surface area (Å²) >= 11 is 0. The molecule has 1 aliphatic rings. The van der Waals surface area contributed by atoms with Crippen molar-refractivity contribution in [2.75, 3.05) is 13.1 Å². The number of rotatable bonds is 7. The van der Waals surface area contributed by atoms with Gasteiger partial charge in [0.15, 0.2) is 0 Å². The number of nitrogens with zero attached hydrogens (tertiary/aromatic N) is 4. The molecule has 0 saturated carbocycles. The first kappa shape index (κ1) is 16.6. The van der Waals surface area contributed by atoms with Gasteiger partial charge in [0.25, 0.3) is 10.2 Å². The van der Waals surface area contributed by atoms with Crippen molar-refractivity contribution in [2.45, 2.75) is 25.9 Å². The molecule has 2 N–H and O–H groups in total.